The van der Waals surface area contributed by atoms with Crippen LogP contribution in [0.25, 0.3) is 0 Å². The van der Waals surface area contributed by atoms with E-state index < -0.39 is 0 Å². The van der Waals surface area contributed by atoms with Crippen molar-refractivity contribution in [3.05, 3.63) is 35.1 Å². The maximum Gasteiger partial charge on any atom is 0.230 e. The lowest BCUT2D eigenvalue weighted by Crippen LogP contribution is -2.49. The van der Waals surface area contributed by atoms with Crippen molar-refractivity contribution in [3.63, 3.8) is 0 Å². The van der Waals surface area contributed by atoms with Crippen molar-refractivity contribution in [2.75, 3.05) is 34.8 Å². The van der Waals surface area contributed by atoms with E-state index in [1.54, 1.807) is 31.2 Å². The van der Waals surface area contributed by atoms with Gasteiger partial charge in [0.15, 0.2) is 5.96 Å². The summed E-state index contributed by atoms with van der Waals surface area (Å²) in [5, 5.41) is 6.54. The zero-order valence-electron chi connectivity index (χ0n) is 17.2. The summed E-state index contributed by atoms with van der Waals surface area (Å²) in [6.07, 6.45) is 3.94. The third-order valence-corrected chi connectivity index (χ3v) is 5.11. The van der Waals surface area contributed by atoms with Crippen molar-refractivity contribution < 1.29 is 13.9 Å². The average Bonchev–Trinajstić information content (AvgIpc) is 3.13. The summed E-state index contributed by atoms with van der Waals surface area (Å²) >= 11 is 0. The maximum absolute atomic E-state index is 13.7. The van der Waals surface area contributed by atoms with Crippen LogP contribution in [0.1, 0.15) is 36.8 Å². The minimum atomic E-state index is -0.359. The molecule has 0 atom stereocenters. The number of methoxy groups -OCH3 is 1. The molecule has 2 rings (SSSR count). The molecule has 1 fully saturated rings. The van der Waals surface area contributed by atoms with Crippen LogP contribution in [-0.4, -0.2) is 51.6 Å². The van der Waals surface area contributed by atoms with Gasteiger partial charge in [-0.2, -0.15) is 0 Å². The molecule has 1 amide bonds. The Kier molecular flexibility index (Phi) is 10.2. The summed E-state index contributed by atoms with van der Waals surface area (Å²) in [6, 6.07) is 4.97. The van der Waals surface area contributed by atoms with Gasteiger partial charge in [-0.25, -0.2) is 4.39 Å². The van der Waals surface area contributed by atoms with Crippen molar-refractivity contribution in [2.24, 2.45) is 10.4 Å². The molecule has 0 bridgehead atoms. The standard InChI is InChI=1S/C20H31FN4O2.HI/c1-22-19(23-12-15-7-8-17(21)16(11-15)13-27-4)24-14-20(9-5-6-10-20)18(26)25(2)3;/h7-8,11H,5-6,9-10,12-14H2,1-4H3,(H2,22,23,24);1H. The minimum Gasteiger partial charge on any atom is -0.380 e. The number of benzene rings is 1. The molecule has 1 saturated carbocycles. The van der Waals surface area contributed by atoms with Gasteiger partial charge in [-0.3, -0.25) is 9.79 Å². The van der Waals surface area contributed by atoms with Gasteiger partial charge < -0.3 is 20.3 Å². The van der Waals surface area contributed by atoms with Crippen LogP contribution in [0, 0.1) is 11.2 Å². The van der Waals surface area contributed by atoms with Gasteiger partial charge in [0.25, 0.3) is 0 Å². The molecule has 1 aromatic rings. The molecular weight excluding hydrogens is 474 g/mol. The van der Waals surface area contributed by atoms with E-state index in [1.165, 1.54) is 6.07 Å². The van der Waals surface area contributed by atoms with Crippen molar-refractivity contribution in [2.45, 2.75) is 38.8 Å². The largest absolute Gasteiger partial charge is 0.380 e. The molecule has 1 aliphatic rings. The average molecular weight is 506 g/mol. The third kappa shape index (κ3) is 6.30. The highest BCUT2D eigenvalue weighted by molar-refractivity contribution is 14.0. The third-order valence-electron chi connectivity index (χ3n) is 5.11. The van der Waals surface area contributed by atoms with Crippen molar-refractivity contribution in [1.82, 2.24) is 15.5 Å². The van der Waals surface area contributed by atoms with Crippen LogP contribution in [0.5, 0.6) is 0 Å². The van der Waals surface area contributed by atoms with Crippen LogP contribution in [0.2, 0.25) is 0 Å². The Hall–Kier alpha value is -1.42. The molecule has 2 N–H and O–H groups in total. The highest BCUT2D eigenvalue weighted by Crippen LogP contribution is 2.38. The van der Waals surface area contributed by atoms with Gasteiger partial charge in [0.05, 0.1) is 12.0 Å². The van der Waals surface area contributed by atoms with Crippen molar-refractivity contribution >= 4 is 35.8 Å². The fraction of sp³-hybridized carbons (Fsp3) is 0.600. The van der Waals surface area contributed by atoms with Gasteiger partial charge in [-0.15, -0.1) is 24.0 Å². The molecule has 0 saturated heterocycles. The first-order chi connectivity index (χ1) is 12.9. The SMILES string of the molecule is CN=C(NCc1ccc(F)c(COC)c1)NCC1(C(=O)N(C)C)CCCC1.I. The molecular formula is C20H32FIN4O2. The number of carbonyl (C=O) groups excluding carboxylic acids is 1. The molecule has 0 aromatic heterocycles. The first-order valence-corrected chi connectivity index (χ1v) is 9.34. The van der Waals surface area contributed by atoms with E-state index in [0.717, 1.165) is 31.2 Å². The number of hydrogen-bond donors (Lipinski definition) is 2. The maximum atomic E-state index is 13.7. The Morgan fingerprint density at radius 3 is 2.54 bits per heavy atom. The lowest BCUT2D eigenvalue weighted by molar-refractivity contribution is -0.138. The predicted octanol–water partition coefficient (Wildman–Crippen LogP) is 2.90. The molecule has 0 unspecified atom stereocenters. The van der Waals surface area contributed by atoms with Gasteiger partial charge in [0, 0.05) is 46.9 Å². The Balaban J connectivity index is 0.00000392. The number of nitrogens with one attached hydrogen (secondary N) is 2. The monoisotopic (exact) mass is 506 g/mol. The van der Waals surface area contributed by atoms with E-state index in [0.29, 0.717) is 24.6 Å². The summed E-state index contributed by atoms with van der Waals surface area (Å²) in [6.45, 7) is 1.30. The van der Waals surface area contributed by atoms with E-state index in [9.17, 15) is 9.18 Å². The van der Waals surface area contributed by atoms with Crippen LogP contribution >= 0.6 is 24.0 Å². The molecule has 0 radical (unpaired) electrons. The zero-order chi connectivity index (χ0) is 19.9. The molecule has 1 aliphatic carbocycles. The summed E-state index contributed by atoms with van der Waals surface area (Å²) in [7, 11) is 6.86. The number of amides is 1. The summed E-state index contributed by atoms with van der Waals surface area (Å²) in [5.41, 5.74) is 1.11. The minimum absolute atomic E-state index is 0. The lowest BCUT2D eigenvalue weighted by atomic mass is 9.84. The quantitative estimate of drug-likeness (QED) is 0.339. The van der Waals surface area contributed by atoms with Crippen LogP contribution in [0.15, 0.2) is 23.2 Å². The number of halogens is 2. The second-order valence-corrected chi connectivity index (χ2v) is 7.33. The number of guanidine groups is 1. The molecule has 0 heterocycles. The van der Waals surface area contributed by atoms with Crippen molar-refractivity contribution in [1.29, 1.82) is 0 Å². The highest BCUT2D eigenvalue weighted by atomic mass is 127. The van der Waals surface area contributed by atoms with E-state index in [1.807, 2.05) is 14.1 Å². The lowest BCUT2D eigenvalue weighted by Gasteiger charge is -2.31. The Morgan fingerprint density at radius 1 is 1.29 bits per heavy atom. The second kappa shape index (κ2) is 11.5. The molecule has 6 nitrogen and oxygen atoms in total. The van der Waals surface area contributed by atoms with E-state index in [2.05, 4.69) is 15.6 Å². The van der Waals surface area contributed by atoms with E-state index >= 15 is 0 Å². The Bertz CT molecular complexity index is 676. The van der Waals surface area contributed by atoms with Crippen molar-refractivity contribution in [3.8, 4) is 0 Å². The number of hydrogen-bond acceptors (Lipinski definition) is 3. The smallest absolute Gasteiger partial charge is 0.230 e. The zero-order valence-corrected chi connectivity index (χ0v) is 19.5. The molecule has 1 aromatic carbocycles. The Morgan fingerprint density at radius 2 is 1.96 bits per heavy atom. The molecule has 158 valence electrons. The Labute approximate surface area is 184 Å². The predicted molar refractivity (Wildman–Crippen MR) is 120 cm³/mol. The molecule has 8 heteroatoms. The molecule has 0 aliphatic heterocycles. The highest BCUT2D eigenvalue weighted by Gasteiger charge is 2.42. The van der Waals surface area contributed by atoms with Crippen LogP contribution in [0.4, 0.5) is 4.39 Å². The van der Waals surface area contributed by atoms with Crippen LogP contribution < -0.4 is 10.6 Å². The van der Waals surface area contributed by atoms with Gasteiger partial charge in [0.1, 0.15) is 5.82 Å². The number of carbonyl (C=O) groups is 1. The number of aliphatic imine (C=N–C) groups is 1. The summed E-state index contributed by atoms with van der Waals surface area (Å²) < 4.78 is 18.8. The van der Waals surface area contributed by atoms with E-state index in [-0.39, 0.29) is 47.7 Å². The fourth-order valence-corrected chi connectivity index (χ4v) is 3.66. The van der Waals surface area contributed by atoms with Crippen LogP contribution in [0.3, 0.4) is 0 Å². The van der Waals surface area contributed by atoms with Gasteiger partial charge in [-0.05, 0) is 30.5 Å². The van der Waals surface area contributed by atoms with E-state index in [4.69, 9.17) is 4.74 Å². The molecule has 0 spiro atoms. The number of ether oxygens (including phenoxy) is 1. The normalized spacial score (nSPS) is 15.7. The number of nitrogens with zero attached hydrogens (tertiary/aromatic N) is 2. The first-order valence-electron chi connectivity index (χ1n) is 9.34. The fourth-order valence-electron chi connectivity index (χ4n) is 3.66. The van der Waals surface area contributed by atoms with Gasteiger partial charge in [-0.1, -0.05) is 18.9 Å². The topological polar surface area (TPSA) is 66.0 Å². The van der Waals surface area contributed by atoms with Gasteiger partial charge in [0.2, 0.25) is 5.91 Å². The molecule has 28 heavy (non-hydrogen) atoms. The van der Waals surface area contributed by atoms with Gasteiger partial charge >= 0.3 is 0 Å². The number of rotatable bonds is 7. The summed E-state index contributed by atoms with van der Waals surface area (Å²) in [5.74, 6) is 0.532. The van der Waals surface area contributed by atoms with Crippen LogP contribution in [-0.2, 0) is 22.7 Å². The second-order valence-electron chi connectivity index (χ2n) is 7.33. The first kappa shape index (κ1) is 24.6. The summed E-state index contributed by atoms with van der Waals surface area (Å²) in [4.78, 5) is 18.6.